The number of carbonyl (C=O) groups excluding carboxylic acids is 2. The van der Waals surface area contributed by atoms with Gasteiger partial charge in [-0.1, -0.05) is 36.4 Å². The molecule has 0 saturated carbocycles. The molecule has 0 bridgehead atoms. The summed E-state index contributed by atoms with van der Waals surface area (Å²) in [7, 11) is 0. The van der Waals surface area contributed by atoms with Crippen LogP contribution in [0.3, 0.4) is 0 Å². The van der Waals surface area contributed by atoms with Gasteiger partial charge in [-0.15, -0.1) is 0 Å². The minimum absolute atomic E-state index is 0.202. The lowest BCUT2D eigenvalue weighted by Gasteiger charge is -2.21. The lowest BCUT2D eigenvalue weighted by molar-refractivity contribution is -0.121. The average molecular weight is 308 g/mol. The standard InChI is InChI=1S/C18H16N2O3/c19-12-7-13-20(16-10-5-2-6-11-16)17(21)14-23-18(22)15-8-3-1-4-9-15/h1-6,8-11H,7,13-14H2. The summed E-state index contributed by atoms with van der Waals surface area (Å²) in [4.78, 5) is 25.6. The van der Waals surface area contributed by atoms with E-state index in [4.69, 9.17) is 10.00 Å². The summed E-state index contributed by atoms with van der Waals surface area (Å²) in [5, 5.41) is 8.74. The molecule has 2 aromatic carbocycles. The van der Waals surface area contributed by atoms with Gasteiger partial charge in [-0.3, -0.25) is 4.79 Å². The van der Waals surface area contributed by atoms with E-state index in [-0.39, 0.29) is 25.5 Å². The molecule has 5 heteroatoms. The van der Waals surface area contributed by atoms with Gasteiger partial charge in [0.15, 0.2) is 6.61 Å². The van der Waals surface area contributed by atoms with E-state index in [0.29, 0.717) is 11.3 Å². The normalized spacial score (nSPS) is 9.70. The zero-order valence-corrected chi connectivity index (χ0v) is 12.5. The predicted octanol–water partition coefficient (Wildman–Crippen LogP) is 2.79. The number of amides is 1. The van der Waals surface area contributed by atoms with Crippen LogP contribution in [0.5, 0.6) is 0 Å². The molecule has 0 radical (unpaired) electrons. The fraction of sp³-hybridized carbons (Fsp3) is 0.167. The van der Waals surface area contributed by atoms with Crippen LogP contribution < -0.4 is 4.90 Å². The number of anilines is 1. The Hall–Kier alpha value is -3.13. The van der Waals surface area contributed by atoms with Crippen molar-refractivity contribution in [1.29, 1.82) is 5.26 Å². The lowest BCUT2D eigenvalue weighted by Crippen LogP contribution is -2.35. The Morgan fingerprint density at radius 3 is 2.22 bits per heavy atom. The SMILES string of the molecule is N#CCCN(C(=O)COC(=O)c1ccccc1)c1ccccc1. The Balaban J connectivity index is 2.01. The van der Waals surface area contributed by atoms with Crippen LogP contribution in [-0.4, -0.2) is 25.0 Å². The number of ether oxygens (including phenoxy) is 1. The van der Waals surface area contributed by atoms with Gasteiger partial charge in [-0.25, -0.2) is 4.79 Å². The lowest BCUT2D eigenvalue weighted by atomic mass is 10.2. The van der Waals surface area contributed by atoms with Crippen molar-refractivity contribution < 1.29 is 14.3 Å². The molecular weight excluding hydrogens is 292 g/mol. The number of rotatable bonds is 6. The molecule has 5 nitrogen and oxygen atoms in total. The van der Waals surface area contributed by atoms with E-state index in [1.165, 1.54) is 4.90 Å². The molecule has 0 aliphatic heterocycles. The maximum Gasteiger partial charge on any atom is 0.338 e. The summed E-state index contributed by atoms with van der Waals surface area (Å²) >= 11 is 0. The summed E-state index contributed by atoms with van der Waals surface area (Å²) in [5.74, 6) is -0.914. The molecule has 0 aliphatic carbocycles. The minimum Gasteiger partial charge on any atom is -0.452 e. The van der Waals surface area contributed by atoms with Crippen molar-refractivity contribution in [3.8, 4) is 6.07 Å². The van der Waals surface area contributed by atoms with Crippen LogP contribution in [-0.2, 0) is 9.53 Å². The smallest absolute Gasteiger partial charge is 0.338 e. The summed E-state index contributed by atoms with van der Waals surface area (Å²) in [5.41, 5.74) is 1.06. The van der Waals surface area contributed by atoms with Crippen molar-refractivity contribution in [3.05, 3.63) is 66.2 Å². The Kier molecular flexibility index (Phi) is 5.89. The van der Waals surface area contributed by atoms with Crippen molar-refractivity contribution in [2.75, 3.05) is 18.1 Å². The van der Waals surface area contributed by atoms with Gasteiger partial charge in [0, 0.05) is 12.2 Å². The van der Waals surface area contributed by atoms with E-state index in [2.05, 4.69) is 0 Å². The summed E-state index contributed by atoms with van der Waals surface area (Å²) in [6.07, 6.45) is 0.202. The number of nitriles is 1. The molecule has 116 valence electrons. The van der Waals surface area contributed by atoms with Gasteiger partial charge in [-0.2, -0.15) is 5.26 Å². The number of hydrogen-bond donors (Lipinski definition) is 0. The molecule has 0 aromatic heterocycles. The van der Waals surface area contributed by atoms with Gasteiger partial charge in [0.05, 0.1) is 18.1 Å². The highest BCUT2D eigenvalue weighted by atomic mass is 16.5. The molecule has 2 rings (SSSR count). The van der Waals surface area contributed by atoms with E-state index in [1.807, 2.05) is 12.1 Å². The van der Waals surface area contributed by atoms with Crippen LogP contribution in [0.4, 0.5) is 5.69 Å². The third-order valence-electron chi connectivity index (χ3n) is 3.15. The van der Waals surface area contributed by atoms with E-state index in [0.717, 1.165) is 0 Å². The van der Waals surface area contributed by atoms with Crippen LogP contribution in [0.2, 0.25) is 0 Å². The highest BCUT2D eigenvalue weighted by Gasteiger charge is 2.17. The van der Waals surface area contributed by atoms with Crippen molar-refractivity contribution >= 4 is 17.6 Å². The second-order valence-corrected chi connectivity index (χ2v) is 4.73. The molecule has 0 unspecified atom stereocenters. The Morgan fingerprint density at radius 2 is 1.61 bits per heavy atom. The third kappa shape index (κ3) is 4.68. The zero-order chi connectivity index (χ0) is 16.5. The molecule has 0 N–H and O–H groups in total. The van der Waals surface area contributed by atoms with E-state index in [9.17, 15) is 9.59 Å². The zero-order valence-electron chi connectivity index (χ0n) is 12.5. The van der Waals surface area contributed by atoms with Crippen molar-refractivity contribution in [2.45, 2.75) is 6.42 Å². The number of para-hydroxylation sites is 1. The van der Waals surface area contributed by atoms with E-state index in [1.54, 1.807) is 54.6 Å². The molecule has 0 fully saturated rings. The Labute approximate surface area is 134 Å². The van der Waals surface area contributed by atoms with E-state index < -0.39 is 5.97 Å². The van der Waals surface area contributed by atoms with Crippen molar-refractivity contribution in [2.24, 2.45) is 0 Å². The van der Waals surface area contributed by atoms with Crippen LogP contribution in [0, 0.1) is 11.3 Å². The highest BCUT2D eigenvalue weighted by molar-refractivity contribution is 5.97. The van der Waals surface area contributed by atoms with Crippen molar-refractivity contribution in [3.63, 3.8) is 0 Å². The van der Waals surface area contributed by atoms with Gasteiger partial charge >= 0.3 is 5.97 Å². The third-order valence-corrected chi connectivity index (χ3v) is 3.15. The Morgan fingerprint density at radius 1 is 1.00 bits per heavy atom. The van der Waals surface area contributed by atoms with E-state index >= 15 is 0 Å². The summed E-state index contributed by atoms with van der Waals surface area (Å²) in [6.45, 7) is -0.115. The van der Waals surface area contributed by atoms with Crippen molar-refractivity contribution in [1.82, 2.24) is 0 Å². The number of hydrogen-bond acceptors (Lipinski definition) is 4. The monoisotopic (exact) mass is 308 g/mol. The minimum atomic E-state index is -0.549. The molecule has 0 aliphatic rings. The highest BCUT2D eigenvalue weighted by Crippen LogP contribution is 2.14. The molecular formula is C18H16N2O3. The quantitative estimate of drug-likeness (QED) is 0.769. The maximum atomic E-state index is 12.3. The molecule has 2 aromatic rings. The average Bonchev–Trinajstić information content (AvgIpc) is 2.61. The molecule has 0 heterocycles. The van der Waals surface area contributed by atoms with Gasteiger partial charge in [-0.05, 0) is 24.3 Å². The van der Waals surface area contributed by atoms with Gasteiger partial charge in [0.25, 0.3) is 5.91 Å². The van der Waals surface area contributed by atoms with Crippen LogP contribution in [0.15, 0.2) is 60.7 Å². The largest absolute Gasteiger partial charge is 0.452 e. The summed E-state index contributed by atoms with van der Waals surface area (Å²) < 4.78 is 5.06. The summed E-state index contributed by atoms with van der Waals surface area (Å²) in [6, 6.07) is 19.5. The fourth-order valence-electron chi connectivity index (χ4n) is 2.03. The molecule has 23 heavy (non-hydrogen) atoms. The van der Waals surface area contributed by atoms with Gasteiger partial charge in [0.1, 0.15) is 0 Å². The number of benzene rings is 2. The fourth-order valence-corrected chi connectivity index (χ4v) is 2.03. The molecule has 0 spiro atoms. The number of esters is 1. The van der Waals surface area contributed by atoms with Crippen LogP contribution in [0.25, 0.3) is 0 Å². The number of carbonyl (C=O) groups is 2. The Bertz CT molecular complexity index is 693. The molecule has 0 atom stereocenters. The first-order valence-electron chi connectivity index (χ1n) is 7.17. The second-order valence-electron chi connectivity index (χ2n) is 4.73. The molecule has 1 amide bonds. The first-order chi connectivity index (χ1) is 11.2. The van der Waals surface area contributed by atoms with Gasteiger partial charge in [0.2, 0.25) is 0 Å². The van der Waals surface area contributed by atoms with Gasteiger partial charge < -0.3 is 9.64 Å². The topological polar surface area (TPSA) is 70.4 Å². The first kappa shape index (κ1) is 16.2. The maximum absolute atomic E-state index is 12.3. The van der Waals surface area contributed by atoms with Crippen LogP contribution in [0.1, 0.15) is 16.8 Å². The predicted molar refractivity (Wildman–Crippen MR) is 85.7 cm³/mol. The second kappa shape index (κ2) is 8.35. The first-order valence-corrected chi connectivity index (χ1v) is 7.17. The van der Waals surface area contributed by atoms with Crippen LogP contribution >= 0.6 is 0 Å². The molecule has 0 saturated heterocycles. The number of nitrogens with zero attached hydrogens (tertiary/aromatic N) is 2.